The average Bonchev–Trinajstić information content (AvgIpc) is 2.78. The van der Waals surface area contributed by atoms with Crippen molar-refractivity contribution < 1.29 is 4.57 Å². The van der Waals surface area contributed by atoms with Gasteiger partial charge >= 0.3 is 0 Å². The predicted octanol–water partition coefficient (Wildman–Crippen LogP) is 5.32. The van der Waals surface area contributed by atoms with E-state index in [2.05, 4.69) is 76.6 Å². The van der Waals surface area contributed by atoms with Crippen LogP contribution in [0.4, 0.5) is 0 Å². The lowest BCUT2D eigenvalue weighted by Gasteiger charge is -2.34. The molecule has 0 radical (unpaired) electrons. The molecular formula is C23H30N+. The van der Waals surface area contributed by atoms with E-state index in [4.69, 9.17) is 0 Å². The molecule has 0 fully saturated rings. The molecule has 2 aliphatic carbocycles. The molecule has 126 valence electrons. The van der Waals surface area contributed by atoms with Gasteiger partial charge in [-0.2, -0.15) is 4.57 Å². The van der Waals surface area contributed by atoms with Crippen molar-refractivity contribution in [2.75, 3.05) is 0 Å². The Kier molecular flexibility index (Phi) is 3.27. The highest BCUT2D eigenvalue weighted by Crippen LogP contribution is 2.54. The fraction of sp³-hybridized carbons (Fsp3) is 0.522. The van der Waals surface area contributed by atoms with Crippen molar-refractivity contribution in [2.24, 2.45) is 7.05 Å². The molecule has 4 rings (SSSR count). The quantitative estimate of drug-likeness (QED) is 0.626. The van der Waals surface area contributed by atoms with Crippen molar-refractivity contribution in [1.82, 2.24) is 0 Å². The van der Waals surface area contributed by atoms with E-state index in [1.54, 1.807) is 16.8 Å². The lowest BCUT2D eigenvalue weighted by atomic mass is 9.69. The first-order chi connectivity index (χ1) is 11.2. The molecule has 1 atom stereocenters. The van der Waals surface area contributed by atoms with Gasteiger partial charge in [-0.05, 0) is 68.6 Å². The van der Waals surface area contributed by atoms with E-state index >= 15 is 0 Å². The summed E-state index contributed by atoms with van der Waals surface area (Å²) in [6.07, 6.45) is 3.96. The summed E-state index contributed by atoms with van der Waals surface area (Å²) in [5.41, 5.74) is 9.53. The molecule has 2 aliphatic rings. The van der Waals surface area contributed by atoms with Crippen LogP contribution < -0.4 is 4.57 Å². The van der Waals surface area contributed by atoms with Gasteiger partial charge in [-0.3, -0.25) is 0 Å². The van der Waals surface area contributed by atoms with E-state index in [1.165, 1.54) is 36.1 Å². The highest BCUT2D eigenvalue weighted by atomic mass is 15.0. The van der Waals surface area contributed by atoms with E-state index in [-0.39, 0.29) is 10.8 Å². The van der Waals surface area contributed by atoms with Crippen molar-refractivity contribution in [1.29, 1.82) is 0 Å². The summed E-state index contributed by atoms with van der Waals surface area (Å²) in [4.78, 5) is 0. The van der Waals surface area contributed by atoms with Gasteiger partial charge in [0.2, 0.25) is 5.69 Å². The number of hydrogen-bond acceptors (Lipinski definition) is 0. The second-order valence-electron chi connectivity index (χ2n) is 9.29. The Bertz CT molecular complexity index is 826. The number of benzene rings is 1. The van der Waals surface area contributed by atoms with Gasteiger partial charge in [0.15, 0.2) is 5.69 Å². The number of aromatic nitrogens is 1. The number of hydrogen-bond donors (Lipinski definition) is 0. The molecule has 0 aliphatic heterocycles. The average molecular weight is 321 g/mol. The number of aryl methyl sites for hydroxylation is 1. The van der Waals surface area contributed by atoms with E-state index in [9.17, 15) is 0 Å². The van der Waals surface area contributed by atoms with Crippen LogP contribution in [0.25, 0.3) is 11.3 Å². The van der Waals surface area contributed by atoms with Gasteiger partial charge in [-0.25, -0.2) is 0 Å². The minimum atomic E-state index is 0.266. The minimum absolute atomic E-state index is 0.266. The van der Waals surface area contributed by atoms with Gasteiger partial charge in [-0.15, -0.1) is 0 Å². The zero-order valence-electron chi connectivity index (χ0n) is 16.0. The zero-order chi connectivity index (χ0) is 17.3. The topological polar surface area (TPSA) is 3.88 Å². The second-order valence-corrected chi connectivity index (χ2v) is 9.29. The maximum absolute atomic E-state index is 2.51. The summed E-state index contributed by atoms with van der Waals surface area (Å²) in [5.74, 6) is 0.759. The highest BCUT2D eigenvalue weighted by molar-refractivity contribution is 5.64. The Morgan fingerprint density at radius 2 is 1.75 bits per heavy atom. The molecule has 0 saturated carbocycles. The molecular weight excluding hydrogens is 290 g/mol. The third-order valence-corrected chi connectivity index (χ3v) is 6.60. The summed E-state index contributed by atoms with van der Waals surface area (Å²) in [7, 11) is 2.28. The van der Waals surface area contributed by atoms with Crippen LogP contribution in [-0.2, 0) is 17.9 Å². The van der Waals surface area contributed by atoms with E-state index in [0.717, 1.165) is 5.92 Å². The van der Waals surface area contributed by atoms with Crippen LogP contribution in [0.1, 0.15) is 75.3 Å². The first-order valence-electron chi connectivity index (χ1n) is 9.36. The smallest absolute Gasteiger partial charge is 0.198 e. The van der Waals surface area contributed by atoms with Crippen LogP contribution in [0.15, 0.2) is 30.3 Å². The molecule has 1 heterocycles. The van der Waals surface area contributed by atoms with Gasteiger partial charge in [0, 0.05) is 17.2 Å². The largest absolute Gasteiger partial charge is 0.213 e. The Morgan fingerprint density at radius 1 is 1.04 bits per heavy atom. The summed E-state index contributed by atoms with van der Waals surface area (Å²) in [6.45, 7) is 12.0. The van der Waals surface area contributed by atoms with Gasteiger partial charge < -0.3 is 0 Å². The summed E-state index contributed by atoms with van der Waals surface area (Å²) in [5, 5.41) is 0. The van der Waals surface area contributed by atoms with Crippen LogP contribution in [0.2, 0.25) is 0 Å². The van der Waals surface area contributed by atoms with Crippen molar-refractivity contribution in [3.05, 3.63) is 52.7 Å². The first kappa shape index (κ1) is 15.9. The SMILES string of the molecule is Cc1ccccc1-c1cc2c3c([n+]1C)C(C)(C)CC3CCC2(C)C. The summed E-state index contributed by atoms with van der Waals surface area (Å²) >= 11 is 0. The van der Waals surface area contributed by atoms with E-state index in [0.29, 0.717) is 0 Å². The lowest BCUT2D eigenvalue weighted by Crippen LogP contribution is -2.43. The number of pyridine rings is 1. The van der Waals surface area contributed by atoms with Gasteiger partial charge in [-0.1, -0.05) is 32.0 Å². The van der Waals surface area contributed by atoms with Crippen LogP contribution >= 0.6 is 0 Å². The molecule has 0 spiro atoms. The third kappa shape index (κ3) is 2.10. The van der Waals surface area contributed by atoms with E-state index in [1.807, 2.05) is 0 Å². The van der Waals surface area contributed by atoms with Gasteiger partial charge in [0.1, 0.15) is 7.05 Å². The molecule has 0 saturated heterocycles. The first-order valence-corrected chi connectivity index (χ1v) is 9.36. The lowest BCUT2D eigenvalue weighted by molar-refractivity contribution is -0.671. The van der Waals surface area contributed by atoms with Crippen LogP contribution in [-0.4, -0.2) is 0 Å². The van der Waals surface area contributed by atoms with Crippen LogP contribution in [0, 0.1) is 6.92 Å². The Balaban J connectivity index is 2.08. The van der Waals surface area contributed by atoms with Crippen LogP contribution in [0.5, 0.6) is 0 Å². The second kappa shape index (κ2) is 4.94. The maximum Gasteiger partial charge on any atom is 0.213 e. The molecule has 1 heteroatoms. The monoisotopic (exact) mass is 320 g/mol. The molecule has 0 amide bonds. The van der Waals surface area contributed by atoms with Crippen molar-refractivity contribution in [2.45, 2.75) is 70.6 Å². The van der Waals surface area contributed by atoms with Crippen molar-refractivity contribution >= 4 is 0 Å². The zero-order valence-corrected chi connectivity index (χ0v) is 16.0. The van der Waals surface area contributed by atoms with Crippen molar-refractivity contribution in [3.8, 4) is 11.3 Å². The van der Waals surface area contributed by atoms with Gasteiger partial charge in [0.05, 0.1) is 5.41 Å². The molecule has 1 aromatic heterocycles. The van der Waals surface area contributed by atoms with E-state index < -0.39 is 0 Å². The molecule has 2 aromatic rings. The maximum atomic E-state index is 2.51. The number of rotatable bonds is 1. The normalized spacial score (nSPS) is 23.2. The Morgan fingerprint density at radius 3 is 2.46 bits per heavy atom. The minimum Gasteiger partial charge on any atom is -0.198 e. The highest BCUT2D eigenvalue weighted by Gasteiger charge is 2.50. The molecule has 1 unspecified atom stereocenters. The Labute approximate surface area is 146 Å². The summed E-state index contributed by atoms with van der Waals surface area (Å²) in [6, 6.07) is 11.3. The fourth-order valence-corrected chi connectivity index (χ4v) is 5.38. The molecule has 1 nitrogen and oxygen atoms in total. The third-order valence-electron chi connectivity index (χ3n) is 6.60. The number of nitrogens with zero attached hydrogens (tertiary/aromatic N) is 1. The molecule has 0 bridgehead atoms. The summed E-state index contributed by atoms with van der Waals surface area (Å²) < 4.78 is 2.50. The fourth-order valence-electron chi connectivity index (χ4n) is 5.38. The van der Waals surface area contributed by atoms with Gasteiger partial charge in [0.25, 0.3) is 0 Å². The molecule has 24 heavy (non-hydrogen) atoms. The standard InChI is InChI=1S/C23H30N/c1-15-9-7-8-10-17(15)19-13-18-20-16(11-12-22(18,2)3)14-23(4,5)21(20)24(19)6/h7-10,13,16H,11-12,14H2,1-6H3/q+1. The Hall–Kier alpha value is -1.63. The van der Waals surface area contributed by atoms with Crippen molar-refractivity contribution in [3.63, 3.8) is 0 Å². The van der Waals surface area contributed by atoms with Crippen LogP contribution in [0.3, 0.4) is 0 Å². The predicted molar refractivity (Wildman–Crippen MR) is 100 cm³/mol. The molecule has 1 aromatic carbocycles. The molecule has 0 N–H and O–H groups in total.